The number of hydrogen-bond acceptors (Lipinski definition) is 6. The topological polar surface area (TPSA) is 78.6 Å². The van der Waals surface area contributed by atoms with Gasteiger partial charge in [-0.2, -0.15) is 0 Å². The number of thiol groups is 1. The van der Waals surface area contributed by atoms with Crippen LogP contribution in [-0.2, 0) is 18.5 Å². The van der Waals surface area contributed by atoms with E-state index in [0.717, 1.165) is 0 Å². The van der Waals surface area contributed by atoms with Gasteiger partial charge in [-0.25, -0.2) is 4.79 Å². The lowest BCUT2D eigenvalue weighted by Crippen LogP contribution is -2.35. The molecule has 0 aliphatic heterocycles. The van der Waals surface area contributed by atoms with Crippen molar-refractivity contribution >= 4 is 24.8 Å². The van der Waals surface area contributed by atoms with Crippen molar-refractivity contribution < 1.29 is 18.5 Å². The average Bonchev–Trinajstić information content (AvgIpc) is 1.98. The van der Waals surface area contributed by atoms with Gasteiger partial charge in [-0.15, -0.1) is 0 Å². The van der Waals surface area contributed by atoms with Crippen LogP contribution in [0.2, 0.25) is 0 Å². The Bertz CT molecular complexity index is 161. The fraction of sp³-hybridized carbons (Fsp3) is 0.600. The van der Waals surface area contributed by atoms with Gasteiger partial charge in [0.05, 0.1) is 0 Å². The Morgan fingerprint density at radius 2 is 2.18 bits per heavy atom. The highest BCUT2D eigenvalue weighted by Gasteiger charge is 2.15. The van der Waals surface area contributed by atoms with Crippen LogP contribution in [0.5, 0.6) is 0 Å². The van der Waals surface area contributed by atoms with Gasteiger partial charge in [-0.05, 0) is 0 Å². The minimum absolute atomic E-state index is 0.186. The summed E-state index contributed by atoms with van der Waals surface area (Å²) in [5.74, 6) is -1.22. The highest BCUT2D eigenvalue weighted by molar-refractivity contribution is 7.75. The highest BCUT2D eigenvalue weighted by atomic mass is 32.1. The van der Waals surface area contributed by atoms with Gasteiger partial charge in [0.15, 0.2) is 0 Å². The Morgan fingerprint density at radius 3 is 2.55 bits per heavy atom. The maximum absolute atomic E-state index is 10.5. The van der Waals surface area contributed by atoms with Crippen molar-refractivity contribution in [2.24, 2.45) is 5.73 Å². The molecule has 0 spiro atoms. The van der Waals surface area contributed by atoms with Gasteiger partial charge >= 0.3 is 11.9 Å². The molecule has 1 unspecified atom stereocenters. The monoisotopic (exact) mass is 179 g/mol. The Morgan fingerprint density at radius 1 is 1.64 bits per heavy atom. The number of carbonyl (C=O) groups is 2. The molecule has 11 heavy (non-hydrogen) atoms. The van der Waals surface area contributed by atoms with E-state index in [-0.39, 0.29) is 6.61 Å². The fourth-order valence-electron chi connectivity index (χ4n) is 0.343. The first-order chi connectivity index (χ1) is 5.07. The summed E-state index contributed by atoms with van der Waals surface area (Å²) in [6, 6.07) is -0.962. The van der Waals surface area contributed by atoms with Crippen LogP contribution in [0.3, 0.4) is 0 Å². The molecule has 0 amide bonds. The summed E-state index contributed by atoms with van der Waals surface area (Å²) < 4.78 is 8.41. The van der Waals surface area contributed by atoms with Crippen LogP contribution < -0.4 is 5.73 Å². The van der Waals surface area contributed by atoms with E-state index in [9.17, 15) is 9.59 Å². The van der Waals surface area contributed by atoms with Gasteiger partial charge in [0.25, 0.3) is 0 Å². The summed E-state index contributed by atoms with van der Waals surface area (Å²) in [5, 5.41) is 0. The zero-order valence-electron chi connectivity index (χ0n) is 5.94. The van der Waals surface area contributed by atoms with Gasteiger partial charge in [-0.3, -0.25) is 4.79 Å². The standard InChI is InChI=1S/C5H9NO4S/c1-3(7)9-2-4(6)5(8)10-11/h4,11H,2,6H2,1H3. The second kappa shape index (κ2) is 4.97. The van der Waals surface area contributed by atoms with Crippen molar-refractivity contribution in [3.8, 4) is 0 Å². The Labute approximate surface area is 69.5 Å². The quantitative estimate of drug-likeness (QED) is 0.339. The molecule has 0 heterocycles. The Kier molecular flexibility index (Phi) is 4.64. The molecule has 0 saturated carbocycles. The van der Waals surface area contributed by atoms with E-state index in [1.165, 1.54) is 6.92 Å². The summed E-state index contributed by atoms with van der Waals surface area (Å²) in [5.41, 5.74) is 5.18. The smallest absolute Gasteiger partial charge is 0.338 e. The summed E-state index contributed by atoms with van der Waals surface area (Å²) in [7, 11) is 0. The first kappa shape index (κ1) is 10.2. The summed E-state index contributed by atoms with van der Waals surface area (Å²) in [4.78, 5) is 20.7. The normalized spacial score (nSPS) is 11.9. The number of rotatable bonds is 3. The predicted molar refractivity (Wildman–Crippen MR) is 39.7 cm³/mol. The van der Waals surface area contributed by atoms with E-state index in [1.54, 1.807) is 0 Å². The van der Waals surface area contributed by atoms with Gasteiger partial charge < -0.3 is 14.7 Å². The number of esters is 1. The lowest BCUT2D eigenvalue weighted by molar-refractivity contribution is -0.144. The minimum atomic E-state index is -0.962. The highest BCUT2D eigenvalue weighted by Crippen LogP contribution is 1.89. The number of nitrogens with two attached hydrogens (primary N) is 1. The number of hydrogen-bond donors (Lipinski definition) is 2. The molecule has 1 atom stereocenters. The molecule has 0 aliphatic rings. The van der Waals surface area contributed by atoms with Crippen molar-refractivity contribution in [3.05, 3.63) is 0 Å². The lowest BCUT2D eigenvalue weighted by atomic mass is 10.3. The van der Waals surface area contributed by atoms with Crippen LogP contribution in [0.15, 0.2) is 0 Å². The Hall–Kier alpha value is -0.750. The lowest BCUT2D eigenvalue weighted by Gasteiger charge is -2.06. The number of carbonyl (C=O) groups excluding carboxylic acids is 2. The van der Waals surface area contributed by atoms with Gasteiger partial charge in [0, 0.05) is 19.8 Å². The second-order valence-corrected chi connectivity index (χ2v) is 2.00. The molecule has 0 aromatic rings. The summed E-state index contributed by atoms with van der Waals surface area (Å²) in [6.45, 7) is 1.04. The first-order valence-electron chi connectivity index (χ1n) is 2.82. The van der Waals surface area contributed by atoms with Crippen LogP contribution in [-0.4, -0.2) is 24.6 Å². The van der Waals surface area contributed by atoms with Crippen molar-refractivity contribution in [2.45, 2.75) is 13.0 Å². The largest absolute Gasteiger partial charge is 0.464 e. The SMILES string of the molecule is CC(=O)OCC(N)C(=O)OS. The molecule has 0 rings (SSSR count). The molecule has 64 valence electrons. The molecule has 0 aliphatic carbocycles. The molecular formula is C5H9NO4S. The van der Waals surface area contributed by atoms with Crippen LogP contribution in [0, 0.1) is 0 Å². The van der Waals surface area contributed by atoms with Gasteiger partial charge in [-0.1, -0.05) is 0 Å². The summed E-state index contributed by atoms with van der Waals surface area (Å²) in [6.07, 6.45) is 0. The van der Waals surface area contributed by atoms with E-state index < -0.39 is 18.0 Å². The maximum Gasteiger partial charge on any atom is 0.338 e. The van der Waals surface area contributed by atoms with Crippen LogP contribution in [0.1, 0.15) is 6.92 Å². The van der Waals surface area contributed by atoms with Crippen molar-refractivity contribution in [2.75, 3.05) is 6.61 Å². The van der Waals surface area contributed by atoms with Gasteiger partial charge in [0.2, 0.25) is 0 Å². The summed E-state index contributed by atoms with van der Waals surface area (Å²) >= 11 is 3.23. The molecule has 6 heteroatoms. The fourth-order valence-corrected chi connectivity index (χ4v) is 0.478. The Balaban J connectivity index is 3.60. The van der Waals surface area contributed by atoms with Crippen molar-refractivity contribution in [1.29, 1.82) is 0 Å². The van der Waals surface area contributed by atoms with Crippen molar-refractivity contribution in [3.63, 3.8) is 0 Å². The van der Waals surface area contributed by atoms with Crippen LogP contribution >= 0.6 is 12.9 Å². The predicted octanol–water partition coefficient (Wildman–Crippen LogP) is -0.735. The molecule has 0 bridgehead atoms. The molecule has 0 radical (unpaired) electrons. The third kappa shape index (κ3) is 4.63. The molecule has 0 aromatic heterocycles. The molecule has 0 aromatic carbocycles. The van der Waals surface area contributed by atoms with E-state index in [1.807, 2.05) is 0 Å². The van der Waals surface area contributed by atoms with Gasteiger partial charge in [0.1, 0.15) is 12.6 Å². The second-order valence-electron chi connectivity index (χ2n) is 1.82. The van der Waals surface area contributed by atoms with Crippen LogP contribution in [0.25, 0.3) is 0 Å². The molecular weight excluding hydrogens is 170 g/mol. The first-order valence-corrected chi connectivity index (χ1v) is 3.18. The van der Waals surface area contributed by atoms with E-state index in [0.29, 0.717) is 0 Å². The molecule has 0 fully saturated rings. The molecule has 0 saturated heterocycles. The number of ether oxygens (including phenoxy) is 1. The van der Waals surface area contributed by atoms with E-state index >= 15 is 0 Å². The maximum atomic E-state index is 10.5. The zero-order chi connectivity index (χ0) is 8.85. The average molecular weight is 179 g/mol. The van der Waals surface area contributed by atoms with E-state index in [4.69, 9.17) is 5.73 Å². The zero-order valence-corrected chi connectivity index (χ0v) is 6.84. The molecule has 5 nitrogen and oxygen atoms in total. The molecule has 2 N–H and O–H groups in total. The van der Waals surface area contributed by atoms with E-state index in [2.05, 4.69) is 21.8 Å². The minimum Gasteiger partial charge on any atom is -0.464 e. The third-order valence-corrected chi connectivity index (χ3v) is 1.04. The third-order valence-electron chi connectivity index (χ3n) is 0.859. The van der Waals surface area contributed by atoms with Crippen LogP contribution in [0.4, 0.5) is 0 Å². The van der Waals surface area contributed by atoms with Crippen molar-refractivity contribution in [1.82, 2.24) is 0 Å².